The molecule has 0 aromatic carbocycles. The van der Waals surface area contributed by atoms with Gasteiger partial charge in [0.2, 0.25) is 5.91 Å². The van der Waals surface area contributed by atoms with E-state index in [2.05, 4.69) is 55.6 Å². The van der Waals surface area contributed by atoms with Crippen LogP contribution in [0.5, 0.6) is 0 Å². The van der Waals surface area contributed by atoms with Crippen molar-refractivity contribution in [2.75, 3.05) is 40.9 Å². The summed E-state index contributed by atoms with van der Waals surface area (Å²) < 4.78 is 23.3. The Morgan fingerprint density at radius 3 is 1.95 bits per heavy atom. The molecule has 0 aliphatic heterocycles. The number of hydrogen-bond acceptors (Lipinski definition) is 5. The lowest BCUT2D eigenvalue weighted by Gasteiger charge is -2.25. The molecule has 0 aliphatic rings. The van der Waals surface area contributed by atoms with Crippen molar-refractivity contribution in [1.29, 1.82) is 0 Å². The minimum Gasteiger partial charge on any atom is -0.387 e. The Bertz CT molecular complexity index is 866. The number of rotatable bonds is 29. The molecule has 0 saturated heterocycles. The Hall–Kier alpha value is -1.54. The van der Waals surface area contributed by atoms with E-state index in [0.29, 0.717) is 17.4 Å². The minimum absolute atomic E-state index is 0.0509. The number of aliphatic hydroxyl groups excluding tert-OH is 1. The van der Waals surface area contributed by atoms with E-state index in [1.165, 1.54) is 32.1 Å². The number of nitrogens with zero attached hydrogens (tertiary/aromatic N) is 1. The SMILES string of the molecule is CCCC/C=C\C/C=C\CCCCCCCC(=O)NC(COP(=O)(O)OCC[N+](C)(C)C)C(O)/C=C/CC/C=C/CCCC. The molecule has 9 heteroatoms. The molecule has 8 nitrogen and oxygen atoms in total. The van der Waals surface area contributed by atoms with Crippen molar-refractivity contribution in [3.63, 3.8) is 0 Å². The summed E-state index contributed by atoms with van der Waals surface area (Å²) in [6.45, 7) is 4.62. The number of likely N-dealkylation sites (N-methyl/N-ethyl adjacent to an activating group) is 1. The lowest BCUT2D eigenvalue weighted by molar-refractivity contribution is -0.870. The van der Waals surface area contributed by atoms with Crippen LogP contribution in [0.1, 0.15) is 117 Å². The van der Waals surface area contributed by atoms with Crippen LogP contribution in [0, 0.1) is 0 Å². The minimum atomic E-state index is -4.33. The van der Waals surface area contributed by atoms with E-state index in [4.69, 9.17) is 9.05 Å². The van der Waals surface area contributed by atoms with Gasteiger partial charge in [0.05, 0.1) is 39.9 Å². The van der Waals surface area contributed by atoms with Crippen molar-refractivity contribution in [3.8, 4) is 0 Å². The molecule has 0 fully saturated rings. The van der Waals surface area contributed by atoms with E-state index in [0.717, 1.165) is 64.2 Å². The van der Waals surface area contributed by atoms with Crippen LogP contribution in [0.15, 0.2) is 48.6 Å². The van der Waals surface area contributed by atoms with Gasteiger partial charge in [-0.2, -0.15) is 0 Å². The Kier molecular flexibility index (Phi) is 26.8. The van der Waals surface area contributed by atoms with Crippen LogP contribution in [-0.4, -0.2) is 73.4 Å². The maximum Gasteiger partial charge on any atom is 0.472 e. The van der Waals surface area contributed by atoms with Crippen molar-refractivity contribution in [2.24, 2.45) is 0 Å². The number of quaternary nitrogens is 1. The second kappa shape index (κ2) is 27.7. The quantitative estimate of drug-likeness (QED) is 0.0329. The molecule has 1 amide bonds. The van der Waals surface area contributed by atoms with Gasteiger partial charge >= 0.3 is 7.82 Å². The van der Waals surface area contributed by atoms with Crippen molar-refractivity contribution in [3.05, 3.63) is 48.6 Å². The van der Waals surface area contributed by atoms with Gasteiger partial charge in [-0.3, -0.25) is 13.8 Å². The predicted molar refractivity (Wildman–Crippen MR) is 184 cm³/mol. The molecule has 0 bridgehead atoms. The number of aliphatic hydroxyl groups is 1. The molecule has 0 aliphatic carbocycles. The number of phosphoric acid groups is 1. The summed E-state index contributed by atoms with van der Waals surface area (Å²) in [6.07, 6.45) is 31.9. The molecule has 256 valence electrons. The summed E-state index contributed by atoms with van der Waals surface area (Å²) in [7, 11) is 1.53. The van der Waals surface area contributed by atoms with Crippen molar-refractivity contribution < 1.29 is 32.9 Å². The first-order valence-corrected chi connectivity index (χ1v) is 18.5. The number of hydrogen-bond donors (Lipinski definition) is 3. The Labute approximate surface area is 269 Å². The highest BCUT2D eigenvalue weighted by Gasteiger charge is 2.27. The molecule has 44 heavy (non-hydrogen) atoms. The Morgan fingerprint density at radius 2 is 1.32 bits per heavy atom. The molecule has 3 unspecified atom stereocenters. The van der Waals surface area contributed by atoms with Gasteiger partial charge < -0.3 is 19.8 Å². The lowest BCUT2D eigenvalue weighted by atomic mass is 10.1. The molecule has 0 radical (unpaired) electrons. The second-order valence-electron chi connectivity index (χ2n) is 12.5. The molecule has 0 aromatic rings. The number of carbonyl (C=O) groups is 1. The van der Waals surface area contributed by atoms with E-state index in [1.807, 2.05) is 27.2 Å². The summed E-state index contributed by atoms with van der Waals surface area (Å²) in [4.78, 5) is 22.8. The van der Waals surface area contributed by atoms with E-state index < -0.39 is 20.0 Å². The lowest BCUT2D eigenvalue weighted by Crippen LogP contribution is -2.45. The van der Waals surface area contributed by atoms with Gasteiger partial charge in [-0.25, -0.2) is 4.57 Å². The smallest absolute Gasteiger partial charge is 0.387 e. The summed E-state index contributed by atoms with van der Waals surface area (Å²) in [6, 6.07) is -0.866. The van der Waals surface area contributed by atoms with Gasteiger partial charge in [0.25, 0.3) is 0 Å². The third-order valence-electron chi connectivity index (χ3n) is 7.02. The highest BCUT2D eigenvalue weighted by atomic mass is 31.2. The molecule has 3 N–H and O–H groups in total. The first kappa shape index (κ1) is 42.5. The van der Waals surface area contributed by atoms with Crippen molar-refractivity contribution in [1.82, 2.24) is 5.32 Å². The molecule has 3 atom stereocenters. The highest BCUT2D eigenvalue weighted by Crippen LogP contribution is 2.43. The van der Waals surface area contributed by atoms with Crippen LogP contribution in [0.4, 0.5) is 0 Å². The fraction of sp³-hybridized carbons (Fsp3) is 0.743. The first-order valence-electron chi connectivity index (χ1n) is 17.0. The van der Waals surface area contributed by atoms with Crippen LogP contribution < -0.4 is 5.32 Å². The maximum absolute atomic E-state index is 12.7. The molecule has 0 saturated carbocycles. The van der Waals surface area contributed by atoms with Gasteiger partial charge in [-0.05, 0) is 51.4 Å². The maximum atomic E-state index is 12.7. The fourth-order valence-corrected chi connectivity index (χ4v) is 4.91. The zero-order chi connectivity index (χ0) is 32.9. The normalized spacial score (nSPS) is 15.5. The zero-order valence-corrected chi connectivity index (χ0v) is 29.5. The van der Waals surface area contributed by atoms with Crippen LogP contribution in [0.3, 0.4) is 0 Å². The third kappa shape index (κ3) is 29.2. The summed E-state index contributed by atoms with van der Waals surface area (Å²) in [5.41, 5.74) is 0. The monoisotopic (exact) mass is 641 g/mol. The fourth-order valence-electron chi connectivity index (χ4n) is 4.17. The van der Waals surface area contributed by atoms with Crippen molar-refractivity contribution >= 4 is 13.7 Å². The molecular weight excluding hydrogens is 575 g/mol. The number of unbranched alkanes of at least 4 members (excludes halogenated alkanes) is 10. The Morgan fingerprint density at radius 1 is 0.773 bits per heavy atom. The zero-order valence-electron chi connectivity index (χ0n) is 28.6. The van der Waals surface area contributed by atoms with Gasteiger partial charge in [0, 0.05) is 6.42 Å². The molecule has 0 rings (SSSR count). The molecule has 0 aromatic heterocycles. The summed E-state index contributed by atoms with van der Waals surface area (Å²) in [5, 5.41) is 13.6. The van der Waals surface area contributed by atoms with Gasteiger partial charge in [-0.1, -0.05) is 107 Å². The standard InChI is InChI=1S/C35H65N2O6P/c1-6-8-10-12-14-16-17-18-19-20-21-23-25-27-29-35(39)36-33(32-43-44(40,41)42-31-30-37(3,4)5)34(38)28-26-24-22-15-13-11-9-7-2/h12-15,17-18,26,28,33-34,38H,6-11,16,19-25,27,29-32H2,1-5H3,(H-,36,39,40,41)/p+1/b14-12-,15-13+,18-17-,28-26+. The third-order valence-corrected chi connectivity index (χ3v) is 8.01. The number of nitrogens with one attached hydrogen (secondary N) is 1. The van der Waals surface area contributed by atoms with Crippen molar-refractivity contribution in [2.45, 2.75) is 129 Å². The average Bonchev–Trinajstić information content (AvgIpc) is 2.95. The summed E-state index contributed by atoms with van der Waals surface area (Å²) in [5.74, 6) is -0.210. The first-order chi connectivity index (χ1) is 21.0. The topological polar surface area (TPSA) is 105 Å². The molecular formula is C35H66N2O6P+. The van der Waals surface area contributed by atoms with Gasteiger partial charge in [0.1, 0.15) is 13.2 Å². The van der Waals surface area contributed by atoms with E-state index >= 15 is 0 Å². The van der Waals surface area contributed by atoms with Gasteiger partial charge in [0.15, 0.2) is 0 Å². The largest absolute Gasteiger partial charge is 0.472 e. The number of phosphoric ester groups is 1. The summed E-state index contributed by atoms with van der Waals surface area (Å²) >= 11 is 0. The van der Waals surface area contributed by atoms with Crippen LogP contribution in [0.25, 0.3) is 0 Å². The Balaban J connectivity index is 4.61. The second-order valence-corrected chi connectivity index (χ2v) is 14.0. The number of allylic oxidation sites excluding steroid dienone is 7. The predicted octanol–water partition coefficient (Wildman–Crippen LogP) is 8.18. The van der Waals surface area contributed by atoms with E-state index in [9.17, 15) is 19.4 Å². The van der Waals surface area contributed by atoms with Crippen LogP contribution >= 0.6 is 7.82 Å². The molecule has 0 heterocycles. The number of amides is 1. The average molecular weight is 642 g/mol. The van der Waals surface area contributed by atoms with Gasteiger partial charge in [-0.15, -0.1) is 0 Å². The molecule has 0 spiro atoms. The van der Waals surface area contributed by atoms with E-state index in [1.54, 1.807) is 6.08 Å². The van der Waals surface area contributed by atoms with Crippen LogP contribution in [-0.2, 0) is 18.4 Å². The number of carbonyl (C=O) groups excluding carboxylic acids is 1. The van der Waals surface area contributed by atoms with E-state index in [-0.39, 0.29) is 19.1 Å². The highest BCUT2D eigenvalue weighted by molar-refractivity contribution is 7.47. The van der Waals surface area contributed by atoms with Crippen LogP contribution in [0.2, 0.25) is 0 Å².